The predicted molar refractivity (Wildman–Crippen MR) is 204 cm³/mol. The van der Waals surface area contributed by atoms with Gasteiger partial charge in [-0.2, -0.15) is 0 Å². The number of aliphatic hydroxyl groups excluding tert-OH is 2. The van der Waals surface area contributed by atoms with E-state index in [4.69, 9.17) is 4.74 Å². The van der Waals surface area contributed by atoms with Gasteiger partial charge >= 0.3 is 0 Å². The van der Waals surface area contributed by atoms with Crippen LogP contribution in [0.2, 0.25) is 0 Å². The third kappa shape index (κ3) is 20.3. The van der Waals surface area contributed by atoms with Gasteiger partial charge in [0.1, 0.15) is 29.5 Å². The molecule has 0 spiro atoms. The molecule has 0 amide bonds. The highest BCUT2D eigenvalue weighted by atomic mass is 16.5. The molecule has 0 radical (unpaired) electrons. The van der Waals surface area contributed by atoms with Crippen LogP contribution in [0.1, 0.15) is 182 Å². The second kappa shape index (κ2) is 30.4. The molecule has 0 bridgehead atoms. The van der Waals surface area contributed by atoms with Crippen molar-refractivity contribution in [3.63, 3.8) is 0 Å². The molecule has 0 aliphatic carbocycles. The number of hydrogen-bond donors (Lipinski definition) is 5. The van der Waals surface area contributed by atoms with E-state index < -0.39 is 29.5 Å². The second-order valence-corrected chi connectivity index (χ2v) is 14.0. The zero-order valence-corrected chi connectivity index (χ0v) is 31.7. The van der Waals surface area contributed by atoms with E-state index in [9.17, 15) is 25.5 Å². The van der Waals surface area contributed by atoms with Crippen molar-refractivity contribution in [3.8, 4) is 0 Å². The number of aliphatic hydroxyl groups is 5. The van der Waals surface area contributed by atoms with Crippen LogP contribution in [0.15, 0.2) is 48.8 Å². The molecule has 0 saturated heterocycles. The summed E-state index contributed by atoms with van der Waals surface area (Å²) in [7, 11) is 0. The van der Waals surface area contributed by atoms with Gasteiger partial charge in [0.25, 0.3) is 0 Å². The van der Waals surface area contributed by atoms with Crippen LogP contribution in [0.5, 0.6) is 0 Å². The van der Waals surface area contributed by atoms with Crippen LogP contribution in [0.4, 0.5) is 0 Å². The van der Waals surface area contributed by atoms with Gasteiger partial charge in [-0.25, -0.2) is 0 Å². The van der Waals surface area contributed by atoms with Crippen molar-refractivity contribution in [2.24, 2.45) is 0 Å². The van der Waals surface area contributed by atoms with E-state index >= 15 is 0 Å². The summed E-state index contributed by atoms with van der Waals surface area (Å²) in [4.78, 5) is 0. The van der Waals surface area contributed by atoms with Crippen molar-refractivity contribution < 1.29 is 30.3 Å². The smallest absolute Gasteiger partial charge is 0.146 e. The van der Waals surface area contributed by atoms with Gasteiger partial charge in [0, 0.05) is 0 Å². The van der Waals surface area contributed by atoms with Crippen molar-refractivity contribution >= 4 is 0 Å². The first-order valence-corrected chi connectivity index (χ1v) is 20.0. The van der Waals surface area contributed by atoms with Crippen molar-refractivity contribution in [1.82, 2.24) is 0 Å². The first kappa shape index (κ1) is 46.6. The lowest BCUT2D eigenvalue weighted by molar-refractivity contribution is -0.213. The average molecular weight is 679 g/mol. The highest BCUT2D eigenvalue weighted by molar-refractivity contribution is 5.28. The summed E-state index contributed by atoms with van der Waals surface area (Å²) in [6, 6.07) is 0. The summed E-state index contributed by atoms with van der Waals surface area (Å²) in [6.07, 6.45) is 36.4. The van der Waals surface area contributed by atoms with Crippen LogP contribution >= 0.6 is 0 Å². The van der Waals surface area contributed by atoms with Gasteiger partial charge in [0.15, 0.2) is 0 Å². The molecule has 6 nitrogen and oxygen atoms in total. The fourth-order valence-corrected chi connectivity index (χ4v) is 5.99. The van der Waals surface area contributed by atoms with Crippen LogP contribution in [0.25, 0.3) is 0 Å². The van der Waals surface area contributed by atoms with Gasteiger partial charge < -0.3 is 30.3 Å². The number of rotatable bonds is 34. The highest BCUT2D eigenvalue weighted by Gasteiger charge is 2.57. The standard InChI is InChI=1S/C42H78O6/c1-5-9-13-17-21-25-29-33-40(45,38-48-36-32-28-24-20-16-12-8-4)39(44)42(47,35-31-27-23-19-15-11-7-3)41(46,37-43)34-30-26-22-18-14-10-6-2/h29-36,39,43-47H,5-28,37-38H2,1-4H3/t39-,40-,41+,42+/m1/s1. The van der Waals surface area contributed by atoms with Crippen LogP contribution in [0.3, 0.4) is 0 Å². The van der Waals surface area contributed by atoms with Gasteiger partial charge in [-0.15, -0.1) is 0 Å². The molecule has 0 saturated carbocycles. The first-order valence-electron chi connectivity index (χ1n) is 20.0. The zero-order valence-electron chi connectivity index (χ0n) is 31.7. The van der Waals surface area contributed by atoms with Crippen LogP contribution in [0, 0.1) is 0 Å². The lowest BCUT2D eigenvalue weighted by atomic mass is 9.72. The molecular formula is C42H78O6. The Bertz CT molecular complexity index is 838. The third-order valence-corrected chi connectivity index (χ3v) is 9.40. The molecule has 0 aliphatic heterocycles. The molecular weight excluding hydrogens is 600 g/mol. The fraction of sp³-hybridized carbons (Fsp3) is 0.810. The van der Waals surface area contributed by atoms with E-state index in [0.717, 1.165) is 96.3 Å². The van der Waals surface area contributed by atoms with Crippen molar-refractivity contribution in [2.75, 3.05) is 13.2 Å². The van der Waals surface area contributed by atoms with Crippen molar-refractivity contribution in [3.05, 3.63) is 48.8 Å². The SMILES string of the molecule is CCCCCCCC=COC[C@](O)(C=CCCCCCCC)[C@@H](O)[C@@](O)(C=CCCCCCCC)[C@](O)(C=CCCCCCCC)CO. The quantitative estimate of drug-likeness (QED) is 0.0263. The summed E-state index contributed by atoms with van der Waals surface area (Å²) < 4.78 is 5.79. The number of hydrogen-bond acceptors (Lipinski definition) is 6. The first-order chi connectivity index (χ1) is 23.2. The molecule has 5 N–H and O–H groups in total. The maximum Gasteiger partial charge on any atom is 0.146 e. The highest BCUT2D eigenvalue weighted by Crippen LogP contribution is 2.36. The molecule has 4 atom stereocenters. The number of unbranched alkanes of at least 4 members (excludes halogenated alkanes) is 20. The molecule has 0 heterocycles. The Morgan fingerprint density at radius 2 is 0.875 bits per heavy atom. The summed E-state index contributed by atoms with van der Waals surface area (Å²) in [5.41, 5.74) is -6.66. The summed E-state index contributed by atoms with van der Waals surface area (Å²) >= 11 is 0. The Hall–Kier alpha value is -1.44. The zero-order chi connectivity index (χ0) is 35.8. The molecule has 282 valence electrons. The van der Waals surface area contributed by atoms with Crippen LogP contribution in [-0.4, -0.2) is 61.7 Å². The minimum atomic E-state index is -2.39. The van der Waals surface area contributed by atoms with E-state index in [2.05, 4.69) is 27.7 Å². The van der Waals surface area contributed by atoms with E-state index in [0.29, 0.717) is 19.3 Å². The lowest BCUT2D eigenvalue weighted by Crippen LogP contribution is -2.68. The normalized spacial score (nSPS) is 17.0. The third-order valence-electron chi connectivity index (χ3n) is 9.40. The molecule has 6 heteroatoms. The minimum Gasteiger partial charge on any atom is -0.498 e. The molecule has 0 aromatic heterocycles. The number of allylic oxidation sites excluding steroid dienone is 4. The molecule has 0 aromatic rings. The Balaban J connectivity index is 6.16. The molecule has 48 heavy (non-hydrogen) atoms. The van der Waals surface area contributed by atoms with Gasteiger partial charge in [-0.3, -0.25) is 0 Å². The summed E-state index contributed by atoms with van der Waals surface area (Å²) in [6.45, 7) is 7.58. The summed E-state index contributed by atoms with van der Waals surface area (Å²) in [5, 5.41) is 58.5. The average Bonchev–Trinajstić information content (AvgIpc) is 3.09. The molecule has 0 aliphatic rings. The Labute approximate surface area is 296 Å². The molecule has 0 rings (SSSR count). The van der Waals surface area contributed by atoms with Gasteiger partial charge in [-0.1, -0.05) is 167 Å². The Morgan fingerprint density at radius 1 is 0.500 bits per heavy atom. The number of ether oxygens (including phenoxy) is 1. The summed E-state index contributed by atoms with van der Waals surface area (Å²) in [5.74, 6) is 0. The van der Waals surface area contributed by atoms with E-state index in [-0.39, 0.29) is 6.61 Å². The topological polar surface area (TPSA) is 110 Å². The lowest BCUT2D eigenvalue weighted by Gasteiger charge is -2.46. The molecule has 0 unspecified atom stereocenters. The second-order valence-electron chi connectivity index (χ2n) is 14.0. The monoisotopic (exact) mass is 679 g/mol. The predicted octanol–water partition coefficient (Wildman–Crippen LogP) is 10.2. The van der Waals surface area contributed by atoms with E-state index in [1.165, 1.54) is 56.8 Å². The van der Waals surface area contributed by atoms with Gasteiger partial charge in [-0.05, 0) is 57.4 Å². The van der Waals surface area contributed by atoms with Crippen molar-refractivity contribution in [1.29, 1.82) is 0 Å². The van der Waals surface area contributed by atoms with E-state index in [1.807, 2.05) is 12.2 Å². The maximum absolute atomic E-state index is 12.2. The van der Waals surface area contributed by atoms with Gasteiger partial charge in [0.05, 0.1) is 12.9 Å². The Morgan fingerprint density at radius 3 is 1.29 bits per heavy atom. The molecule has 0 fully saturated rings. The minimum absolute atomic E-state index is 0.317. The van der Waals surface area contributed by atoms with E-state index in [1.54, 1.807) is 18.4 Å². The van der Waals surface area contributed by atoms with Crippen LogP contribution in [-0.2, 0) is 4.74 Å². The Kier molecular flexibility index (Phi) is 29.5. The van der Waals surface area contributed by atoms with Crippen LogP contribution < -0.4 is 0 Å². The van der Waals surface area contributed by atoms with Crippen molar-refractivity contribution in [2.45, 2.75) is 205 Å². The fourth-order valence-electron chi connectivity index (χ4n) is 5.99. The molecule has 0 aromatic carbocycles. The maximum atomic E-state index is 12.2. The van der Waals surface area contributed by atoms with Gasteiger partial charge in [0.2, 0.25) is 0 Å². The largest absolute Gasteiger partial charge is 0.498 e.